The number of nitrogens with one attached hydrogen (secondary N) is 1. The van der Waals surface area contributed by atoms with Crippen molar-refractivity contribution in [1.82, 2.24) is 20.0 Å². The molecular formula is C19H26N4O. The third-order valence-corrected chi connectivity index (χ3v) is 4.69. The van der Waals surface area contributed by atoms with Gasteiger partial charge in [-0.05, 0) is 56.5 Å². The minimum absolute atomic E-state index is 0.0142. The van der Waals surface area contributed by atoms with Crippen LogP contribution in [0.5, 0.6) is 0 Å². The zero-order valence-corrected chi connectivity index (χ0v) is 14.5. The maximum Gasteiger partial charge on any atom is 0.251 e. The van der Waals surface area contributed by atoms with Gasteiger partial charge in [0.15, 0.2) is 0 Å². The van der Waals surface area contributed by atoms with E-state index < -0.39 is 0 Å². The van der Waals surface area contributed by atoms with Crippen molar-refractivity contribution < 1.29 is 4.79 Å². The largest absolute Gasteiger partial charge is 0.352 e. The molecule has 5 nitrogen and oxygen atoms in total. The summed E-state index contributed by atoms with van der Waals surface area (Å²) in [6.45, 7) is 8.11. The van der Waals surface area contributed by atoms with Gasteiger partial charge in [-0.2, -0.15) is 5.10 Å². The predicted octanol–water partition coefficient (Wildman–Crippen LogP) is 2.39. The highest BCUT2D eigenvalue weighted by molar-refractivity contribution is 5.94. The molecule has 1 saturated heterocycles. The van der Waals surface area contributed by atoms with E-state index in [4.69, 9.17) is 0 Å². The summed E-state index contributed by atoms with van der Waals surface area (Å²) in [6.07, 6.45) is 4.85. The number of hydrogen-bond acceptors (Lipinski definition) is 3. The van der Waals surface area contributed by atoms with Crippen molar-refractivity contribution in [2.24, 2.45) is 5.92 Å². The van der Waals surface area contributed by atoms with Gasteiger partial charge in [0.05, 0.1) is 6.54 Å². The van der Waals surface area contributed by atoms with Crippen LogP contribution in [-0.4, -0.2) is 46.3 Å². The molecular weight excluding hydrogens is 300 g/mol. The number of aromatic nitrogens is 2. The molecule has 2 aromatic rings. The molecule has 1 N–H and O–H groups in total. The van der Waals surface area contributed by atoms with Gasteiger partial charge in [0.25, 0.3) is 5.91 Å². The summed E-state index contributed by atoms with van der Waals surface area (Å²) in [5.74, 6) is 0.573. The molecule has 1 fully saturated rings. The third-order valence-electron chi connectivity index (χ3n) is 4.69. The van der Waals surface area contributed by atoms with Crippen LogP contribution in [0.15, 0.2) is 42.7 Å². The first kappa shape index (κ1) is 16.7. The fraction of sp³-hybridized carbons (Fsp3) is 0.474. The lowest BCUT2D eigenvalue weighted by molar-refractivity contribution is 0.0947. The van der Waals surface area contributed by atoms with Crippen LogP contribution in [0, 0.1) is 5.92 Å². The Bertz CT molecular complexity index is 666. The average Bonchev–Trinajstić information content (AvgIpc) is 3.24. The molecule has 1 aliphatic rings. The van der Waals surface area contributed by atoms with Crippen LogP contribution in [0.1, 0.15) is 36.2 Å². The molecule has 1 atom stereocenters. The van der Waals surface area contributed by atoms with Gasteiger partial charge in [0.1, 0.15) is 0 Å². The summed E-state index contributed by atoms with van der Waals surface area (Å²) in [6, 6.07) is 10.3. The van der Waals surface area contributed by atoms with Crippen molar-refractivity contribution in [2.75, 3.05) is 19.6 Å². The zero-order valence-electron chi connectivity index (χ0n) is 14.5. The lowest BCUT2D eigenvalue weighted by Gasteiger charge is -2.20. The first-order chi connectivity index (χ1) is 11.6. The van der Waals surface area contributed by atoms with Crippen LogP contribution in [0.4, 0.5) is 0 Å². The molecule has 1 aliphatic heterocycles. The van der Waals surface area contributed by atoms with Gasteiger partial charge in [0, 0.05) is 37.1 Å². The fourth-order valence-corrected chi connectivity index (χ4v) is 3.23. The summed E-state index contributed by atoms with van der Waals surface area (Å²) in [4.78, 5) is 14.9. The van der Waals surface area contributed by atoms with Crippen molar-refractivity contribution in [3.05, 3.63) is 53.9 Å². The first-order valence-electron chi connectivity index (χ1n) is 8.70. The zero-order chi connectivity index (χ0) is 16.9. The van der Waals surface area contributed by atoms with Crippen LogP contribution in [0.3, 0.4) is 0 Å². The lowest BCUT2D eigenvalue weighted by Crippen LogP contribution is -2.33. The molecule has 128 valence electrons. The molecule has 0 aliphatic carbocycles. The molecule has 1 aromatic heterocycles. The molecule has 24 heavy (non-hydrogen) atoms. The molecule has 0 bridgehead atoms. The van der Waals surface area contributed by atoms with Crippen molar-refractivity contribution in [3.63, 3.8) is 0 Å². The Labute approximate surface area is 143 Å². The van der Waals surface area contributed by atoms with E-state index in [1.807, 2.05) is 41.2 Å². The van der Waals surface area contributed by atoms with E-state index in [1.54, 1.807) is 6.20 Å². The molecule has 3 rings (SSSR count). The van der Waals surface area contributed by atoms with Crippen LogP contribution in [0.25, 0.3) is 0 Å². The average molecular weight is 326 g/mol. The Morgan fingerprint density at radius 3 is 2.96 bits per heavy atom. The summed E-state index contributed by atoms with van der Waals surface area (Å²) >= 11 is 0. The minimum Gasteiger partial charge on any atom is -0.352 e. The Morgan fingerprint density at radius 2 is 2.25 bits per heavy atom. The first-order valence-corrected chi connectivity index (χ1v) is 8.70. The maximum atomic E-state index is 12.4. The number of hydrogen-bond donors (Lipinski definition) is 1. The van der Waals surface area contributed by atoms with Crippen molar-refractivity contribution in [3.8, 4) is 0 Å². The Hall–Kier alpha value is -2.14. The Balaban J connectivity index is 1.53. The van der Waals surface area contributed by atoms with Gasteiger partial charge in [0.2, 0.25) is 0 Å². The number of nitrogens with zero attached hydrogens (tertiary/aromatic N) is 3. The Morgan fingerprint density at radius 1 is 1.38 bits per heavy atom. The Kier molecular flexibility index (Phi) is 5.30. The van der Waals surface area contributed by atoms with E-state index in [1.165, 1.54) is 0 Å². The molecule has 2 heterocycles. The van der Waals surface area contributed by atoms with Crippen LogP contribution in [0.2, 0.25) is 0 Å². The number of benzene rings is 1. The quantitative estimate of drug-likeness (QED) is 0.887. The maximum absolute atomic E-state index is 12.4. The highest BCUT2D eigenvalue weighted by atomic mass is 16.1. The molecule has 1 amide bonds. The van der Waals surface area contributed by atoms with Crippen LogP contribution in [-0.2, 0) is 6.54 Å². The van der Waals surface area contributed by atoms with E-state index in [9.17, 15) is 4.79 Å². The van der Waals surface area contributed by atoms with Gasteiger partial charge in [-0.1, -0.05) is 12.1 Å². The standard InChI is InChI=1S/C19H26N4O/c1-15(2)22-10-7-17(13-22)12-20-19(24)18-6-3-5-16(11-18)14-23-9-4-8-21-23/h3-6,8-9,11,15,17H,7,10,12-14H2,1-2H3,(H,20,24). The molecule has 1 unspecified atom stereocenters. The van der Waals surface area contributed by atoms with E-state index in [0.29, 0.717) is 18.5 Å². The van der Waals surface area contributed by atoms with Crippen molar-refractivity contribution >= 4 is 5.91 Å². The monoisotopic (exact) mass is 326 g/mol. The topological polar surface area (TPSA) is 50.2 Å². The normalized spacial score (nSPS) is 18.2. The van der Waals surface area contributed by atoms with Crippen molar-refractivity contribution in [2.45, 2.75) is 32.9 Å². The second kappa shape index (κ2) is 7.62. The van der Waals surface area contributed by atoms with Gasteiger partial charge in [-0.15, -0.1) is 0 Å². The minimum atomic E-state index is 0.0142. The van der Waals surface area contributed by atoms with E-state index >= 15 is 0 Å². The van der Waals surface area contributed by atoms with Gasteiger partial charge >= 0.3 is 0 Å². The number of amides is 1. The predicted molar refractivity (Wildman–Crippen MR) is 94.9 cm³/mol. The summed E-state index contributed by atoms with van der Waals surface area (Å²) < 4.78 is 1.86. The van der Waals surface area contributed by atoms with Gasteiger partial charge in [-0.25, -0.2) is 0 Å². The van der Waals surface area contributed by atoms with Gasteiger partial charge < -0.3 is 10.2 Å². The molecule has 1 aromatic carbocycles. The highest BCUT2D eigenvalue weighted by Crippen LogP contribution is 2.17. The summed E-state index contributed by atoms with van der Waals surface area (Å²) in [5.41, 5.74) is 1.80. The summed E-state index contributed by atoms with van der Waals surface area (Å²) in [7, 11) is 0. The van der Waals surface area contributed by atoms with E-state index in [0.717, 1.165) is 37.2 Å². The number of carbonyl (C=O) groups excluding carboxylic acids is 1. The highest BCUT2D eigenvalue weighted by Gasteiger charge is 2.24. The third kappa shape index (κ3) is 4.23. The second-order valence-corrected chi connectivity index (χ2v) is 6.86. The van der Waals surface area contributed by atoms with Crippen LogP contribution < -0.4 is 5.32 Å². The number of rotatable bonds is 6. The number of likely N-dealkylation sites (tertiary alicyclic amines) is 1. The molecule has 5 heteroatoms. The smallest absolute Gasteiger partial charge is 0.251 e. The van der Waals surface area contributed by atoms with Crippen LogP contribution >= 0.6 is 0 Å². The lowest BCUT2D eigenvalue weighted by atomic mass is 10.1. The van der Waals surface area contributed by atoms with E-state index in [2.05, 4.69) is 29.2 Å². The number of carbonyl (C=O) groups is 1. The van der Waals surface area contributed by atoms with E-state index in [-0.39, 0.29) is 5.91 Å². The molecule has 0 radical (unpaired) electrons. The SMILES string of the molecule is CC(C)N1CCC(CNC(=O)c2cccc(Cn3cccn3)c2)C1. The van der Waals surface area contributed by atoms with Crippen molar-refractivity contribution in [1.29, 1.82) is 0 Å². The van der Waals surface area contributed by atoms with Gasteiger partial charge in [-0.3, -0.25) is 9.48 Å². The second-order valence-electron chi connectivity index (χ2n) is 6.86. The fourth-order valence-electron chi connectivity index (χ4n) is 3.23. The molecule has 0 spiro atoms. The molecule has 0 saturated carbocycles. The summed E-state index contributed by atoms with van der Waals surface area (Å²) in [5, 5.41) is 7.31.